The Morgan fingerprint density at radius 2 is 1.95 bits per heavy atom. The molecule has 1 aromatic carbocycles. The number of hydrogen-bond donors (Lipinski definition) is 1. The molecule has 0 radical (unpaired) electrons. The molecule has 0 saturated carbocycles. The zero-order valence-electron chi connectivity index (χ0n) is 12.0. The summed E-state index contributed by atoms with van der Waals surface area (Å²) in [5.41, 5.74) is 7.11. The summed E-state index contributed by atoms with van der Waals surface area (Å²) < 4.78 is 12.4. The van der Waals surface area contributed by atoms with E-state index in [1.54, 1.807) is 7.11 Å². The molecule has 114 valence electrons. The summed E-state index contributed by atoms with van der Waals surface area (Å²) in [5, 5.41) is 0. The Morgan fingerprint density at radius 3 is 2.43 bits per heavy atom. The number of halogens is 2. The predicted octanol–water partition coefficient (Wildman–Crippen LogP) is 3.95. The number of methoxy groups -OCH3 is 1. The largest absolute Gasteiger partial charge is 0.497 e. The maximum atomic E-state index is 5.91. The Labute approximate surface area is 141 Å². The Balaban J connectivity index is 2.10. The first kappa shape index (κ1) is 16.5. The molecule has 0 spiro atoms. The highest BCUT2D eigenvalue weighted by molar-refractivity contribution is 9.13. The normalized spacial score (nSPS) is 12.7. The fourth-order valence-electron chi connectivity index (χ4n) is 2.17. The summed E-state index contributed by atoms with van der Waals surface area (Å²) in [4.78, 5) is 2.17. The molecule has 2 N–H and O–H groups in total. The number of nitrogens with zero attached hydrogens (tertiary/aromatic N) is 1. The van der Waals surface area contributed by atoms with Crippen LogP contribution < -0.4 is 10.5 Å². The number of rotatable bonds is 6. The number of furan rings is 1. The van der Waals surface area contributed by atoms with Gasteiger partial charge in [-0.25, -0.2) is 0 Å². The van der Waals surface area contributed by atoms with Crippen LogP contribution in [0, 0.1) is 0 Å². The van der Waals surface area contributed by atoms with Gasteiger partial charge >= 0.3 is 0 Å². The van der Waals surface area contributed by atoms with Crippen molar-refractivity contribution >= 4 is 31.9 Å². The fourth-order valence-corrected chi connectivity index (χ4v) is 2.78. The van der Waals surface area contributed by atoms with Crippen molar-refractivity contribution in [2.45, 2.75) is 12.6 Å². The molecule has 0 aliphatic rings. The third kappa shape index (κ3) is 4.10. The third-order valence-corrected chi connectivity index (χ3v) is 5.05. The first-order valence-corrected chi connectivity index (χ1v) is 8.11. The molecular weight excluding hydrogens is 400 g/mol. The van der Waals surface area contributed by atoms with Crippen LogP contribution in [-0.2, 0) is 6.54 Å². The van der Waals surface area contributed by atoms with Crippen molar-refractivity contribution < 1.29 is 9.15 Å². The van der Waals surface area contributed by atoms with E-state index in [2.05, 4.69) is 48.9 Å². The average Bonchev–Trinajstić information content (AvgIpc) is 2.80. The van der Waals surface area contributed by atoms with E-state index in [0.717, 1.165) is 22.5 Å². The zero-order valence-corrected chi connectivity index (χ0v) is 15.1. The van der Waals surface area contributed by atoms with Crippen LogP contribution in [0.15, 0.2) is 43.9 Å². The van der Waals surface area contributed by atoms with E-state index in [1.165, 1.54) is 5.56 Å². The van der Waals surface area contributed by atoms with Crippen molar-refractivity contribution in [2.75, 3.05) is 20.7 Å². The van der Waals surface area contributed by atoms with Crippen molar-refractivity contribution in [3.63, 3.8) is 0 Å². The third-order valence-electron chi connectivity index (χ3n) is 3.34. The van der Waals surface area contributed by atoms with Crippen molar-refractivity contribution in [3.05, 3.63) is 50.8 Å². The maximum Gasteiger partial charge on any atom is 0.183 e. The Morgan fingerprint density at radius 1 is 1.29 bits per heavy atom. The van der Waals surface area contributed by atoms with Crippen LogP contribution in [-0.4, -0.2) is 25.6 Å². The second-order valence-corrected chi connectivity index (χ2v) is 6.36. The smallest absolute Gasteiger partial charge is 0.183 e. The van der Waals surface area contributed by atoms with Crippen LogP contribution in [0.1, 0.15) is 17.4 Å². The lowest BCUT2D eigenvalue weighted by Gasteiger charge is -2.25. The molecule has 6 heteroatoms. The van der Waals surface area contributed by atoms with Gasteiger partial charge < -0.3 is 14.9 Å². The predicted molar refractivity (Wildman–Crippen MR) is 90.4 cm³/mol. The molecule has 0 bridgehead atoms. The minimum absolute atomic E-state index is 0.0229. The molecule has 2 aromatic rings. The monoisotopic (exact) mass is 416 g/mol. The Bertz CT molecular complexity index is 564. The molecule has 0 aliphatic carbocycles. The van der Waals surface area contributed by atoms with Crippen LogP contribution in [0.5, 0.6) is 5.75 Å². The molecule has 1 aromatic heterocycles. The molecule has 1 unspecified atom stereocenters. The number of ether oxygens (including phenoxy) is 1. The summed E-state index contributed by atoms with van der Waals surface area (Å²) in [7, 11) is 3.70. The van der Waals surface area contributed by atoms with Gasteiger partial charge in [0, 0.05) is 13.1 Å². The lowest BCUT2D eigenvalue weighted by Crippen LogP contribution is -2.29. The van der Waals surface area contributed by atoms with E-state index >= 15 is 0 Å². The lowest BCUT2D eigenvalue weighted by molar-refractivity contribution is 0.211. The number of nitrogens with two attached hydrogens (primary N) is 1. The van der Waals surface area contributed by atoms with Gasteiger partial charge in [0.25, 0.3) is 0 Å². The molecule has 0 saturated heterocycles. The van der Waals surface area contributed by atoms with Crippen molar-refractivity contribution in [3.8, 4) is 5.75 Å². The SMILES string of the molecule is COc1ccc(CN(C)C(CN)c2cc(Br)c(Br)o2)cc1. The van der Waals surface area contributed by atoms with E-state index in [-0.39, 0.29) is 6.04 Å². The van der Waals surface area contributed by atoms with E-state index in [4.69, 9.17) is 14.9 Å². The first-order valence-electron chi connectivity index (χ1n) is 6.53. The molecule has 2 rings (SSSR count). The van der Waals surface area contributed by atoms with E-state index in [0.29, 0.717) is 11.2 Å². The second kappa shape index (κ2) is 7.45. The fraction of sp³-hybridized carbons (Fsp3) is 0.333. The summed E-state index contributed by atoms with van der Waals surface area (Å²) in [6.45, 7) is 1.26. The quantitative estimate of drug-likeness (QED) is 0.773. The average molecular weight is 418 g/mol. The first-order chi connectivity index (χ1) is 10.0. The van der Waals surface area contributed by atoms with Gasteiger partial charge in [-0.1, -0.05) is 12.1 Å². The molecule has 0 fully saturated rings. The van der Waals surface area contributed by atoms with Gasteiger partial charge in [0.15, 0.2) is 4.67 Å². The zero-order chi connectivity index (χ0) is 15.4. The Kier molecular flexibility index (Phi) is 5.87. The number of hydrogen-bond acceptors (Lipinski definition) is 4. The molecular formula is C15H18Br2N2O2. The molecule has 1 atom stereocenters. The molecule has 1 heterocycles. The van der Waals surface area contributed by atoms with Gasteiger partial charge in [-0.2, -0.15) is 0 Å². The van der Waals surface area contributed by atoms with Crippen molar-refractivity contribution in [1.82, 2.24) is 4.90 Å². The van der Waals surface area contributed by atoms with E-state index < -0.39 is 0 Å². The van der Waals surface area contributed by atoms with E-state index in [9.17, 15) is 0 Å². The molecule has 4 nitrogen and oxygen atoms in total. The molecule has 21 heavy (non-hydrogen) atoms. The van der Waals surface area contributed by atoms with Gasteiger partial charge in [0.2, 0.25) is 0 Å². The number of likely N-dealkylation sites (N-methyl/N-ethyl adjacent to an activating group) is 1. The van der Waals surface area contributed by atoms with Crippen molar-refractivity contribution in [1.29, 1.82) is 0 Å². The summed E-state index contributed by atoms with van der Waals surface area (Å²) in [5.74, 6) is 1.70. The highest BCUT2D eigenvalue weighted by Gasteiger charge is 2.20. The molecule has 0 aliphatic heterocycles. The maximum absolute atomic E-state index is 5.91. The van der Waals surface area contributed by atoms with Gasteiger partial charge in [0.1, 0.15) is 11.5 Å². The van der Waals surface area contributed by atoms with Crippen molar-refractivity contribution in [2.24, 2.45) is 5.73 Å². The van der Waals surface area contributed by atoms with Crippen LogP contribution in [0.25, 0.3) is 0 Å². The van der Waals surface area contributed by atoms with Crippen LogP contribution >= 0.6 is 31.9 Å². The lowest BCUT2D eigenvalue weighted by atomic mass is 10.1. The van der Waals surface area contributed by atoms with Crippen LogP contribution in [0.3, 0.4) is 0 Å². The topological polar surface area (TPSA) is 51.6 Å². The summed E-state index contributed by atoms with van der Waals surface area (Å²) >= 11 is 6.79. The minimum Gasteiger partial charge on any atom is -0.497 e. The van der Waals surface area contributed by atoms with Gasteiger partial charge in [-0.05, 0) is 62.7 Å². The minimum atomic E-state index is 0.0229. The summed E-state index contributed by atoms with van der Waals surface area (Å²) in [6, 6.07) is 10.00. The molecule has 0 amide bonds. The van der Waals surface area contributed by atoms with Crippen LogP contribution in [0.4, 0.5) is 0 Å². The highest BCUT2D eigenvalue weighted by Crippen LogP contribution is 2.32. The highest BCUT2D eigenvalue weighted by atomic mass is 79.9. The van der Waals surface area contributed by atoms with Gasteiger partial charge in [0.05, 0.1) is 17.6 Å². The summed E-state index contributed by atoms with van der Waals surface area (Å²) in [6.07, 6.45) is 0. The van der Waals surface area contributed by atoms with E-state index in [1.807, 2.05) is 25.2 Å². The standard InChI is InChI=1S/C15H18Br2N2O2/c1-19(9-10-3-5-11(20-2)6-4-10)13(8-18)14-7-12(16)15(17)21-14/h3-7,13H,8-9,18H2,1-2H3. The Hall–Kier alpha value is -0.820. The second-order valence-electron chi connectivity index (χ2n) is 4.79. The van der Waals surface area contributed by atoms with Gasteiger partial charge in [-0.3, -0.25) is 4.90 Å². The van der Waals surface area contributed by atoms with Gasteiger partial charge in [-0.15, -0.1) is 0 Å². The van der Waals surface area contributed by atoms with Crippen LogP contribution in [0.2, 0.25) is 0 Å². The number of benzene rings is 1.